The molecule has 0 amide bonds. The Kier molecular flexibility index (Phi) is 9.39. The Bertz CT molecular complexity index is 219. The summed E-state index contributed by atoms with van der Waals surface area (Å²) in [5.41, 5.74) is 5.56. The van der Waals surface area contributed by atoms with E-state index in [1.165, 1.54) is 7.11 Å². The van der Waals surface area contributed by atoms with Crippen LogP contribution in [0.25, 0.3) is 0 Å². The van der Waals surface area contributed by atoms with Gasteiger partial charge in [0.15, 0.2) is 5.96 Å². The van der Waals surface area contributed by atoms with Crippen LogP contribution in [0.1, 0.15) is 19.8 Å². The van der Waals surface area contributed by atoms with Crippen LogP contribution in [0.5, 0.6) is 0 Å². The lowest BCUT2D eigenvalue weighted by atomic mass is 10.4. The number of rotatable bonds is 8. The van der Waals surface area contributed by atoms with E-state index < -0.39 is 0 Å². The second-order valence-electron chi connectivity index (χ2n) is 3.07. The predicted molar refractivity (Wildman–Crippen MR) is 62.2 cm³/mol. The molecule has 6 nitrogen and oxygen atoms in total. The molecule has 0 bridgehead atoms. The summed E-state index contributed by atoms with van der Waals surface area (Å²) in [6.07, 6.45) is 1.12. The number of methoxy groups -OCH3 is 1. The zero-order chi connectivity index (χ0) is 12.2. The first kappa shape index (κ1) is 14.7. The molecular weight excluding hydrogens is 210 g/mol. The van der Waals surface area contributed by atoms with Gasteiger partial charge in [-0.05, 0) is 13.3 Å². The van der Waals surface area contributed by atoms with Gasteiger partial charge in [-0.3, -0.25) is 9.79 Å². The van der Waals surface area contributed by atoms with Crippen molar-refractivity contribution in [2.45, 2.75) is 19.8 Å². The average Bonchev–Trinajstić information content (AvgIpc) is 2.28. The van der Waals surface area contributed by atoms with Crippen LogP contribution in [0.15, 0.2) is 4.99 Å². The van der Waals surface area contributed by atoms with Crippen LogP contribution < -0.4 is 11.1 Å². The fraction of sp³-hybridized carbons (Fsp3) is 0.800. The van der Waals surface area contributed by atoms with Crippen LogP contribution in [0.4, 0.5) is 0 Å². The van der Waals surface area contributed by atoms with Gasteiger partial charge in [-0.1, -0.05) is 0 Å². The van der Waals surface area contributed by atoms with E-state index in [0.717, 1.165) is 13.0 Å². The van der Waals surface area contributed by atoms with Gasteiger partial charge in [0, 0.05) is 26.3 Å². The van der Waals surface area contributed by atoms with Crippen molar-refractivity contribution in [2.24, 2.45) is 10.7 Å². The van der Waals surface area contributed by atoms with Crippen LogP contribution in [-0.2, 0) is 14.3 Å². The van der Waals surface area contributed by atoms with Gasteiger partial charge in [-0.15, -0.1) is 0 Å². The molecule has 0 fully saturated rings. The van der Waals surface area contributed by atoms with Crippen LogP contribution >= 0.6 is 0 Å². The number of guanidine groups is 1. The van der Waals surface area contributed by atoms with Gasteiger partial charge in [0.05, 0.1) is 13.5 Å². The summed E-state index contributed by atoms with van der Waals surface area (Å²) in [6, 6.07) is 0. The number of hydrogen-bond acceptors (Lipinski definition) is 4. The number of esters is 1. The SMILES string of the molecule is CCOCCCN=C(N)NCCC(=O)OC. The summed E-state index contributed by atoms with van der Waals surface area (Å²) >= 11 is 0. The second kappa shape index (κ2) is 10.2. The third-order valence-corrected chi connectivity index (χ3v) is 1.80. The standard InChI is InChI=1S/C10H21N3O3/c1-3-16-8-4-6-12-10(11)13-7-5-9(14)15-2/h3-8H2,1-2H3,(H3,11,12,13). The number of carbonyl (C=O) groups excluding carboxylic acids is 1. The molecule has 3 N–H and O–H groups in total. The zero-order valence-corrected chi connectivity index (χ0v) is 9.99. The third-order valence-electron chi connectivity index (χ3n) is 1.80. The van der Waals surface area contributed by atoms with Crippen molar-refractivity contribution < 1.29 is 14.3 Å². The number of nitrogens with two attached hydrogens (primary N) is 1. The van der Waals surface area contributed by atoms with Crippen LogP contribution in [-0.4, -0.2) is 45.3 Å². The van der Waals surface area contributed by atoms with E-state index in [2.05, 4.69) is 15.0 Å². The molecule has 6 heteroatoms. The summed E-state index contributed by atoms with van der Waals surface area (Å²) in [5, 5.41) is 2.82. The van der Waals surface area contributed by atoms with Crippen molar-refractivity contribution in [1.29, 1.82) is 0 Å². The minimum absolute atomic E-state index is 0.267. The molecule has 0 aliphatic rings. The monoisotopic (exact) mass is 231 g/mol. The minimum Gasteiger partial charge on any atom is -0.469 e. The number of nitrogens with zero attached hydrogens (tertiary/aromatic N) is 1. The lowest BCUT2D eigenvalue weighted by molar-refractivity contribution is -0.140. The smallest absolute Gasteiger partial charge is 0.307 e. The Balaban J connectivity index is 3.44. The van der Waals surface area contributed by atoms with Crippen LogP contribution in [0, 0.1) is 0 Å². The van der Waals surface area contributed by atoms with E-state index in [-0.39, 0.29) is 12.4 Å². The minimum atomic E-state index is -0.267. The topological polar surface area (TPSA) is 85.9 Å². The van der Waals surface area contributed by atoms with Crippen molar-refractivity contribution in [3.63, 3.8) is 0 Å². The maximum absolute atomic E-state index is 10.8. The van der Waals surface area contributed by atoms with E-state index in [0.29, 0.717) is 25.7 Å². The van der Waals surface area contributed by atoms with Crippen molar-refractivity contribution in [3.05, 3.63) is 0 Å². The molecule has 94 valence electrons. The Morgan fingerprint density at radius 2 is 2.25 bits per heavy atom. The van der Waals surface area contributed by atoms with Gasteiger partial charge in [-0.2, -0.15) is 0 Å². The normalized spacial score (nSPS) is 11.2. The van der Waals surface area contributed by atoms with Crippen LogP contribution in [0.3, 0.4) is 0 Å². The highest BCUT2D eigenvalue weighted by Crippen LogP contribution is 1.84. The first-order valence-corrected chi connectivity index (χ1v) is 5.39. The lowest BCUT2D eigenvalue weighted by Gasteiger charge is -2.04. The molecule has 0 aromatic heterocycles. The summed E-state index contributed by atoms with van der Waals surface area (Å²) in [5.74, 6) is 0.0806. The Morgan fingerprint density at radius 1 is 1.50 bits per heavy atom. The molecule has 0 saturated heterocycles. The molecule has 0 spiro atoms. The number of aliphatic imine (C=N–C) groups is 1. The highest BCUT2D eigenvalue weighted by Gasteiger charge is 1.99. The number of nitrogens with one attached hydrogen (secondary N) is 1. The lowest BCUT2D eigenvalue weighted by Crippen LogP contribution is -2.33. The van der Waals surface area contributed by atoms with E-state index in [1.807, 2.05) is 6.92 Å². The average molecular weight is 231 g/mol. The van der Waals surface area contributed by atoms with Gasteiger partial charge in [0.1, 0.15) is 0 Å². The zero-order valence-electron chi connectivity index (χ0n) is 9.99. The highest BCUT2D eigenvalue weighted by atomic mass is 16.5. The second-order valence-corrected chi connectivity index (χ2v) is 3.07. The molecule has 0 radical (unpaired) electrons. The van der Waals surface area contributed by atoms with Gasteiger partial charge in [-0.25, -0.2) is 0 Å². The van der Waals surface area contributed by atoms with Crippen molar-refractivity contribution in [3.8, 4) is 0 Å². The third kappa shape index (κ3) is 9.26. The van der Waals surface area contributed by atoms with E-state index in [4.69, 9.17) is 10.5 Å². The number of carbonyl (C=O) groups is 1. The maximum Gasteiger partial charge on any atom is 0.307 e. The predicted octanol–water partition coefficient (Wildman–Crippen LogP) is -0.120. The molecule has 0 heterocycles. The molecule has 0 atom stereocenters. The molecule has 0 aromatic carbocycles. The van der Waals surface area contributed by atoms with Gasteiger partial charge in [0.2, 0.25) is 0 Å². The molecule has 0 aromatic rings. The maximum atomic E-state index is 10.8. The van der Waals surface area contributed by atoms with Gasteiger partial charge >= 0.3 is 5.97 Å². The molecule has 0 aliphatic heterocycles. The van der Waals surface area contributed by atoms with Crippen LogP contribution in [0.2, 0.25) is 0 Å². The highest BCUT2D eigenvalue weighted by molar-refractivity contribution is 5.78. The van der Waals surface area contributed by atoms with Gasteiger partial charge in [0.25, 0.3) is 0 Å². The quantitative estimate of drug-likeness (QED) is 0.263. The van der Waals surface area contributed by atoms with Gasteiger partial charge < -0.3 is 20.5 Å². The summed E-state index contributed by atoms with van der Waals surface area (Å²) in [7, 11) is 1.35. The first-order valence-electron chi connectivity index (χ1n) is 5.39. The molecule has 0 rings (SSSR count). The first-order chi connectivity index (χ1) is 7.70. The molecular formula is C10H21N3O3. The largest absolute Gasteiger partial charge is 0.469 e. The molecule has 0 unspecified atom stereocenters. The number of hydrogen-bond donors (Lipinski definition) is 2. The Labute approximate surface area is 96.2 Å². The van der Waals surface area contributed by atoms with Crippen molar-refractivity contribution >= 4 is 11.9 Å². The Hall–Kier alpha value is -1.30. The van der Waals surface area contributed by atoms with E-state index in [1.54, 1.807) is 0 Å². The van der Waals surface area contributed by atoms with E-state index in [9.17, 15) is 4.79 Å². The summed E-state index contributed by atoms with van der Waals surface area (Å²) in [4.78, 5) is 14.8. The van der Waals surface area contributed by atoms with Crippen molar-refractivity contribution in [2.75, 3.05) is 33.4 Å². The Morgan fingerprint density at radius 3 is 2.88 bits per heavy atom. The van der Waals surface area contributed by atoms with Crippen molar-refractivity contribution in [1.82, 2.24) is 5.32 Å². The molecule has 16 heavy (non-hydrogen) atoms. The fourth-order valence-corrected chi connectivity index (χ4v) is 0.961. The summed E-state index contributed by atoms with van der Waals surface area (Å²) < 4.78 is 9.63. The fourth-order valence-electron chi connectivity index (χ4n) is 0.961. The van der Waals surface area contributed by atoms with E-state index >= 15 is 0 Å². The summed E-state index contributed by atoms with van der Waals surface area (Å²) in [6.45, 7) is 4.42. The number of ether oxygens (including phenoxy) is 2. The molecule has 0 saturated carbocycles. The molecule has 0 aliphatic carbocycles.